The Morgan fingerprint density at radius 3 is 2.54 bits per heavy atom. The number of aromatic nitrogens is 1. The second-order valence-electron chi connectivity index (χ2n) is 9.47. The number of halogens is 2. The summed E-state index contributed by atoms with van der Waals surface area (Å²) < 4.78 is 47.1. The molecule has 0 saturated carbocycles. The van der Waals surface area contributed by atoms with E-state index < -0.39 is 46.5 Å². The molecule has 1 N–H and O–H groups in total. The molecule has 1 unspecified atom stereocenters. The number of fused-ring (bicyclic) bond motifs is 1. The van der Waals surface area contributed by atoms with Gasteiger partial charge in [-0.15, -0.1) is 0 Å². The number of carboxylic acids is 1. The number of aromatic carboxylic acids is 1. The fourth-order valence-electron chi connectivity index (χ4n) is 4.02. The van der Waals surface area contributed by atoms with Gasteiger partial charge < -0.3 is 23.9 Å². The van der Waals surface area contributed by atoms with Crippen LogP contribution in [0.5, 0.6) is 0 Å². The van der Waals surface area contributed by atoms with Crippen molar-refractivity contribution in [3.63, 3.8) is 0 Å². The number of pyridine rings is 1. The summed E-state index contributed by atoms with van der Waals surface area (Å²) >= 11 is 0. The van der Waals surface area contributed by atoms with E-state index in [2.05, 4.69) is 4.98 Å². The van der Waals surface area contributed by atoms with Crippen molar-refractivity contribution < 1.29 is 37.4 Å². The number of morpholine rings is 1. The van der Waals surface area contributed by atoms with E-state index in [1.165, 1.54) is 4.90 Å². The van der Waals surface area contributed by atoms with Gasteiger partial charge in [0.25, 0.3) is 0 Å². The Kier molecular flexibility index (Phi) is 6.50. The molecule has 4 rings (SSSR count). The molecule has 3 aromatic rings. The molecule has 1 fully saturated rings. The third-order valence-electron chi connectivity index (χ3n) is 5.55. The van der Waals surface area contributed by atoms with Crippen LogP contribution in [0.1, 0.15) is 42.4 Å². The van der Waals surface area contributed by atoms with Crippen LogP contribution >= 0.6 is 0 Å². The molecule has 0 radical (unpaired) electrons. The molecule has 1 aliphatic heterocycles. The predicted octanol–water partition coefficient (Wildman–Crippen LogP) is 4.96. The predicted molar refractivity (Wildman–Crippen MR) is 122 cm³/mol. The van der Waals surface area contributed by atoms with Gasteiger partial charge in [0.1, 0.15) is 28.6 Å². The number of hydrogen-bond acceptors (Lipinski definition) is 6. The Morgan fingerprint density at radius 1 is 1.23 bits per heavy atom. The summed E-state index contributed by atoms with van der Waals surface area (Å²) in [5.41, 5.74) is -0.162. The minimum atomic E-state index is -1.45. The summed E-state index contributed by atoms with van der Waals surface area (Å²) in [6.45, 7) is 7.92. The first-order valence-electron chi connectivity index (χ1n) is 11.1. The number of ether oxygens (including phenoxy) is 2. The van der Waals surface area contributed by atoms with E-state index in [-0.39, 0.29) is 25.3 Å². The van der Waals surface area contributed by atoms with E-state index in [1.54, 1.807) is 40.0 Å². The topological polar surface area (TPSA) is 102 Å². The van der Waals surface area contributed by atoms with Gasteiger partial charge in [0, 0.05) is 41.9 Å². The average molecular weight is 488 g/mol. The molecule has 0 spiro atoms. The smallest absolute Gasteiger partial charge is 0.410 e. The first-order chi connectivity index (χ1) is 16.4. The monoisotopic (exact) mass is 488 g/mol. The molecule has 0 aliphatic carbocycles. The molecule has 186 valence electrons. The molecule has 8 nitrogen and oxygen atoms in total. The Labute approximate surface area is 200 Å². The standard InChI is InChI=1S/C25H26F2N2O6/c1-13-7-20-17(11-28-13)16(10-15-12-29(5-6-33-15)24(32)35-25(2,3)4)22(34-20)21-18(26)8-14(23(30)31)9-19(21)27/h7-9,11,15H,5-6,10,12H2,1-4H3,(H,30,31). The van der Waals surface area contributed by atoms with Crippen LogP contribution in [0, 0.1) is 18.6 Å². The lowest BCUT2D eigenvalue weighted by Gasteiger charge is -2.34. The highest BCUT2D eigenvalue weighted by atomic mass is 19.1. The number of rotatable bonds is 4. The normalized spacial score (nSPS) is 16.5. The maximum absolute atomic E-state index is 15.0. The van der Waals surface area contributed by atoms with Crippen molar-refractivity contribution in [2.24, 2.45) is 0 Å². The van der Waals surface area contributed by atoms with Crippen molar-refractivity contribution in [2.75, 3.05) is 19.7 Å². The van der Waals surface area contributed by atoms with Gasteiger partial charge in [0.2, 0.25) is 0 Å². The van der Waals surface area contributed by atoms with Crippen LogP contribution in [0.25, 0.3) is 22.3 Å². The highest BCUT2D eigenvalue weighted by Crippen LogP contribution is 2.38. The zero-order valence-corrected chi connectivity index (χ0v) is 19.9. The Balaban J connectivity index is 1.72. The van der Waals surface area contributed by atoms with Gasteiger partial charge in [-0.25, -0.2) is 18.4 Å². The number of amides is 1. The van der Waals surface area contributed by atoms with Gasteiger partial charge in [-0.1, -0.05) is 0 Å². The number of carbonyl (C=O) groups excluding carboxylic acids is 1. The lowest BCUT2D eigenvalue weighted by molar-refractivity contribution is -0.0414. The summed E-state index contributed by atoms with van der Waals surface area (Å²) in [6.07, 6.45) is 0.762. The number of hydrogen-bond donors (Lipinski definition) is 1. The summed E-state index contributed by atoms with van der Waals surface area (Å²) in [5, 5.41) is 9.67. The fourth-order valence-corrected chi connectivity index (χ4v) is 4.02. The summed E-state index contributed by atoms with van der Waals surface area (Å²) in [4.78, 5) is 29.6. The minimum absolute atomic E-state index is 0.0719. The first kappa shape index (κ1) is 24.6. The summed E-state index contributed by atoms with van der Waals surface area (Å²) in [7, 11) is 0. The third kappa shape index (κ3) is 5.27. The van der Waals surface area contributed by atoms with E-state index in [9.17, 15) is 18.4 Å². The minimum Gasteiger partial charge on any atom is -0.478 e. The summed E-state index contributed by atoms with van der Waals surface area (Å²) in [6, 6.07) is 3.16. The lowest BCUT2D eigenvalue weighted by Crippen LogP contribution is -2.48. The average Bonchev–Trinajstić information content (AvgIpc) is 3.09. The number of nitrogens with zero attached hydrogens (tertiary/aromatic N) is 2. The highest BCUT2D eigenvalue weighted by molar-refractivity contribution is 5.90. The van der Waals surface area contributed by atoms with Gasteiger partial charge in [-0.2, -0.15) is 0 Å². The zero-order valence-electron chi connectivity index (χ0n) is 19.9. The van der Waals surface area contributed by atoms with Gasteiger partial charge in [0.15, 0.2) is 0 Å². The Morgan fingerprint density at radius 2 is 1.91 bits per heavy atom. The first-order valence-corrected chi connectivity index (χ1v) is 11.1. The Hall–Kier alpha value is -3.53. The van der Waals surface area contributed by atoms with E-state index in [1.807, 2.05) is 0 Å². The SMILES string of the molecule is Cc1cc2oc(-c3c(F)cc(C(=O)O)cc3F)c(CC3CN(C(=O)OC(C)(C)C)CCO3)c2cn1. The molecule has 2 aromatic heterocycles. The molecule has 0 bridgehead atoms. The van der Waals surface area contributed by atoms with Crippen molar-refractivity contribution in [3.05, 3.63) is 52.9 Å². The van der Waals surface area contributed by atoms with Crippen LogP contribution in [0.3, 0.4) is 0 Å². The maximum Gasteiger partial charge on any atom is 0.410 e. The van der Waals surface area contributed by atoms with E-state index in [4.69, 9.17) is 19.0 Å². The third-order valence-corrected chi connectivity index (χ3v) is 5.55. The van der Waals surface area contributed by atoms with Crippen molar-refractivity contribution in [3.8, 4) is 11.3 Å². The van der Waals surface area contributed by atoms with Gasteiger partial charge >= 0.3 is 12.1 Å². The van der Waals surface area contributed by atoms with Crippen LogP contribution in [0.15, 0.2) is 28.8 Å². The summed E-state index contributed by atoms with van der Waals surface area (Å²) in [5.74, 6) is -3.64. The number of carboxylic acid groups (broad SMARTS) is 1. The molecule has 1 saturated heterocycles. The van der Waals surface area contributed by atoms with Crippen LogP contribution in [-0.4, -0.2) is 58.5 Å². The lowest BCUT2D eigenvalue weighted by atomic mass is 9.98. The van der Waals surface area contributed by atoms with Crippen molar-refractivity contribution >= 4 is 23.0 Å². The van der Waals surface area contributed by atoms with Crippen LogP contribution in [-0.2, 0) is 15.9 Å². The second kappa shape index (κ2) is 9.26. The highest BCUT2D eigenvalue weighted by Gasteiger charge is 2.31. The van der Waals surface area contributed by atoms with Gasteiger partial charge in [-0.3, -0.25) is 4.98 Å². The van der Waals surface area contributed by atoms with Crippen molar-refractivity contribution in [1.82, 2.24) is 9.88 Å². The van der Waals surface area contributed by atoms with Crippen LogP contribution in [0.4, 0.5) is 13.6 Å². The molecular formula is C25H26F2N2O6. The number of furan rings is 1. The molecule has 1 aliphatic rings. The molecule has 10 heteroatoms. The molecular weight excluding hydrogens is 462 g/mol. The second-order valence-corrected chi connectivity index (χ2v) is 9.47. The van der Waals surface area contributed by atoms with E-state index in [0.717, 1.165) is 12.1 Å². The van der Waals surface area contributed by atoms with Gasteiger partial charge in [0.05, 0.1) is 30.4 Å². The van der Waals surface area contributed by atoms with Gasteiger partial charge in [-0.05, 0) is 39.8 Å². The van der Waals surface area contributed by atoms with Crippen molar-refractivity contribution in [2.45, 2.75) is 45.8 Å². The maximum atomic E-state index is 15.0. The van der Waals surface area contributed by atoms with E-state index in [0.29, 0.717) is 28.8 Å². The zero-order chi connectivity index (χ0) is 25.5. The Bertz CT molecular complexity index is 1270. The number of aryl methyl sites for hydroxylation is 1. The molecule has 1 atom stereocenters. The van der Waals surface area contributed by atoms with E-state index >= 15 is 0 Å². The fraction of sp³-hybridized carbons (Fsp3) is 0.400. The number of carbonyl (C=O) groups is 2. The number of benzene rings is 1. The van der Waals surface area contributed by atoms with Crippen LogP contribution < -0.4 is 0 Å². The molecule has 1 aromatic carbocycles. The van der Waals surface area contributed by atoms with Crippen molar-refractivity contribution in [1.29, 1.82) is 0 Å². The quantitative estimate of drug-likeness (QED) is 0.554. The molecule has 3 heterocycles. The largest absolute Gasteiger partial charge is 0.478 e. The van der Waals surface area contributed by atoms with Crippen LogP contribution in [0.2, 0.25) is 0 Å². The molecule has 35 heavy (non-hydrogen) atoms. The molecule has 1 amide bonds.